The Morgan fingerprint density at radius 1 is 1.07 bits per heavy atom. The lowest BCUT2D eigenvalue weighted by Crippen LogP contribution is -2.19. The highest BCUT2D eigenvalue weighted by Crippen LogP contribution is 2.16. The molecule has 0 nitrogen and oxygen atoms in total. The lowest BCUT2D eigenvalue weighted by atomic mass is 9.98. The van der Waals surface area contributed by atoms with E-state index in [2.05, 4.69) is 0 Å². The summed E-state index contributed by atoms with van der Waals surface area (Å²) >= 11 is 0.958. The van der Waals surface area contributed by atoms with Gasteiger partial charge in [0.25, 0.3) is 0 Å². The van der Waals surface area contributed by atoms with Crippen molar-refractivity contribution in [3.63, 3.8) is 0 Å². The molecule has 1 aromatic rings. The fourth-order valence-electron chi connectivity index (χ4n) is 1.05. The summed E-state index contributed by atoms with van der Waals surface area (Å²) in [5.74, 6) is 0.533. The van der Waals surface area contributed by atoms with Gasteiger partial charge in [0.2, 0.25) is 0 Å². The van der Waals surface area contributed by atoms with Crippen LogP contribution in [0.5, 0.6) is 0 Å². The molecule has 1 rings (SSSR count). The molecule has 0 aliphatic rings. The van der Waals surface area contributed by atoms with E-state index in [4.69, 9.17) is 0 Å². The van der Waals surface area contributed by atoms with Gasteiger partial charge < -0.3 is 12.9 Å². The minimum Gasteiger partial charge on any atom is -0.448 e. The van der Waals surface area contributed by atoms with Crippen LogP contribution < -0.4 is 0 Å². The van der Waals surface area contributed by atoms with Crippen molar-refractivity contribution in [2.45, 2.75) is 6.42 Å². The first kappa shape index (κ1) is 11.5. The number of thioether (sulfide) groups is 1. The Balaban J connectivity index is 2.17. The summed E-state index contributed by atoms with van der Waals surface area (Å²) in [4.78, 5) is 0. The number of halogens is 3. The highest BCUT2D eigenvalue weighted by Gasteiger charge is 2.21. The van der Waals surface area contributed by atoms with Crippen LogP contribution >= 0.6 is 11.8 Å². The molecule has 14 heavy (non-hydrogen) atoms. The highest BCUT2D eigenvalue weighted by molar-refractivity contribution is 8.00. The topological polar surface area (TPSA) is 0 Å². The van der Waals surface area contributed by atoms with E-state index < -0.39 is 12.6 Å². The first-order valence-corrected chi connectivity index (χ1v) is 5.56. The molecule has 0 atom stereocenters. The third-order valence-electron chi connectivity index (χ3n) is 1.68. The third-order valence-corrected chi connectivity index (χ3v) is 2.79. The summed E-state index contributed by atoms with van der Waals surface area (Å²) in [5, 5.41) is 0. The smallest absolute Gasteiger partial charge is 0.448 e. The fourth-order valence-corrected chi connectivity index (χ4v) is 1.87. The Kier molecular flexibility index (Phi) is 4.39. The molecule has 0 heterocycles. The summed E-state index contributed by atoms with van der Waals surface area (Å²) in [7, 11) is 0. The monoisotopic (exact) mass is 219 g/mol. The van der Waals surface area contributed by atoms with E-state index in [1.807, 2.05) is 30.3 Å². The van der Waals surface area contributed by atoms with Crippen molar-refractivity contribution in [2.75, 3.05) is 11.4 Å². The van der Waals surface area contributed by atoms with Crippen molar-refractivity contribution >= 4 is 18.7 Å². The van der Waals surface area contributed by atoms with E-state index in [0.717, 1.165) is 17.3 Å². The third kappa shape index (κ3) is 5.22. The Hall–Kier alpha value is -0.575. The average molecular weight is 219 g/mol. The van der Waals surface area contributed by atoms with Crippen LogP contribution in [0.25, 0.3) is 0 Å². The molecule has 0 saturated heterocycles. The van der Waals surface area contributed by atoms with E-state index >= 15 is 0 Å². The number of aryl methyl sites for hydroxylation is 1. The summed E-state index contributed by atoms with van der Waals surface area (Å²) in [6.07, 6.45) is 0.706. The standard InChI is InChI=1S/C9H11BF3S/c11-10(12,13)8-14-7-6-9-4-2-1-3-5-9/h1-5H,6-8H2/q-1. The summed E-state index contributed by atoms with van der Waals surface area (Å²) in [6.45, 7) is -4.62. The zero-order valence-corrected chi connectivity index (χ0v) is 8.44. The molecule has 0 spiro atoms. The van der Waals surface area contributed by atoms with Crippen LogP contribution in [0.1, 0.15) is 5.56 Å². The first-order chi connectivity index (χ1) is 6.58. The molecule has 0 unspecified atom stereocenters. The predicted octanol–water partition coefficient (Wildman–Crippen LogP) is 3.35. The van der Waals surface area contributed by atoms with Crippen LogP contribution in [-0.4, -0.2) is 18.4 Å². The number of hydrogen-bond acceptors (Lipinski definition) is 1. The minimum absolute atomic E-state index is 0.533. The largest absolute Gasteiger partial charge is 0.488 e. The summed E-state index contributed by atoms with van der Waals surface area (Å²) < 4.78 is 35.5. The minimum atomic E-state index is -4.62. The van der Waals surface area contributed by atoms with Crippen LogP contribution in [0.2, 0.25) is 0 Å². The van der Waals surface area contributed by atoms with Crippen LogP contribution in [0, 0.1) is 0 Å². The first-order valence-electron chi connectivity index (χ1n) is 4.40. The number of rotatable bonds is 5. The highest BCUT2D eigenvalue weighted by atomic mass is 32.2. The van der Waals surface area contributed by atoms with Gasteiger partial charge in [-0.3, -0.25) is 0 Å². The van der Waals surface area contributed by atoms with Crippen molar-refractivity contribution in [3.8, 4) is 0 Å². The molecule has 0 amide bonds. The molecule has 0 radical (unpaired) electrons. The van der Waals surface area contributed by atoms with Crippen LogP contribution in [0.15, 0.2) is 30.3 Å². The molecule has 1 aromatic carbocycles. The van der Waals surface area contributed by atoms with E-state index in [1.54, 1.807) is 0 Å². The summed E-state index contributed by atoms with van der Waals surface area (Å²) in [5.41, 5.74) is 0.405. The lowest BCUT2D eigenvalue weighted by molar-refractivity contribution is 0.485. The SMILES string of the molecule is F[B-](F)(F)CSCCc1ccccc1. The van der Waals surface area contributed by atoms with Crippen LogP contribution in [0.3, 0.4) is 0 Å². The Morgan fingerprint density at radius 2 is 1.71 bits per heavy atom. The molecule has 0 N–H and O–H groups in total. The van der Waals surface area contributed by atoms with Gasteiger partial charge >= 0.3 is 6.98 Å². The summed E-state index contributed by atoms with van der Waals surface area (Å²) in [6, 6.07) is 9.55. The molecular formula is C9H11BF3S-. The van der Waals surface area contributed by atoms with Crippen molar-refractivity contribution in [1.82, 2.24) is 0 Å². The molecule has 0 aliphatic carbocycles. The predicted molar refractivity (Wildman–Crippen MR) is 56.5 cm³/mol. The van der Waals surface area contributed by atoms with Gasteiger partial charge in [0.05, 0.1) is 0 Å². The lowest BCUT2D eigenvalue weighted by Gasteiger charge is -2.12. The fraction of sp³-hybridized carbons (Fsp3) is 0.333. The molecule has 0 aliphatic heterocycles. The second kappa shape index (κ2) is 5.34. The Bertz CT molecular complexity index is 261. The van der Waals surface area contributed by atoms with Crippen molar-refractivity contribution in [1.29, 1.82) is 0 Å². The molecule has 0 fully saturated rings. The number of hydrogen-bond donors (Lipinski definition) is 0. The quantitative estimate of drug-likeness (QED) is 0.540. The van der Waals surface area contributed by atoms with E-state index in [0.29, 0.717) is 12.2 Å². The zero-order valence-electron chi connectivity index (χ0n) is 7.63. The van der Waals surface area contributed by atoms with Gasteiger partial charge in [-0.15, -0.1) is 0 Å². The van der Waals surface area contributed by atoms with Gasteiger partial charge in [0.15, 0.2) is 0 Å². The van der Waals surface area contributed by atoms with Crippen LogP contribution in [-0.2, 0) is 6.42 Å². The van der Waals surface area contributed by atoms with Crippen molar-refractivity contribution in [3.05, 3.63) is 35.9 Å². The van der Waals surface area contributed by atoms with E-state index in [-0.39, 0.29) is 0 Å². The maximum Gasteiger partial charge on any atom is 0.488 e. The van der Waals surface area contributed by atoms with Gasteiger partial charge in [-0.1, -0.05) is 30.3 Å². The van der Waals surface area contributed by atoms with Gasteiger partial charge in [-0.25, -0.2) is 0 Å². The molecule has 0 bridgehead atoms. The van der Waals surface area contributed by atoms with Crippen molar-refractivity contribution < 1.29 is 12.9 Å². The molecular weight excluding hydrogens is 208 g/mol. The maximum atomic E-state index is 11.8. The Morgan fingerprint density at radius 3 is 2.29 bits per heavy atom. The van der Waals surface area contributed by atoms with Crippen molar-refractivity contribution in [2.24, 2.45) is 0 Å². The van der Waals surface area contributed by atoms with E-state index in [9.17, 15) is 12.9 Å². The molecule has 78 valence electrons. The zero-order chi connectivity index (χ0) is 10.4. The van der Waals surface area contributed by atoms with Gasteiger partial charge in [0.1, 0.15) is 0 Å². The number of benzene rings is 1. The molecule has 5 heteroatoms. The Labute approximate surface area is 86.0 Å². The van der Waals surface area contributed by atoms with E-state index in [1.165, 1.54) is 0 Å². The van der Waals surface area contributed by atoms with Gasteiger partial charge in [0, 0.05) is 0 Å². The maximum absolute atomic E-state index is 11.8. The van der Waals surface area contributed by atoms with Gasteiger partial charge in [-0.05, 0) is 23.4 Å². The second-order valence-corrected chi connectivity index (χ2v) is 4.17. The normalized spacial score (nSPS) is 11.6. The van der Waals surface area contributed by atoms with Crippen LogP contribution in [0.4, 0.5) is 12.9 Å². The molecule has 0 saturated carbocycles. The molecule has 0 aromatic heterocycles. The van der Waals surface area contributed by atoms with Gasteiger partial charge in [-0.2, -0.15) is 11.8 Å². The second-order valence-electron chi connectivity index (χ2n) is 3.02. The average Bonchev–Trinajstić information content (AvgIpc) is 2.13.